The van der Waals surface area contributed by atoms with E-state index < -0.39 is 11.9 Å². The van der Waals surface area contributed by atoms with Gasteiger partial charge in [0.1, 0.15) is 5.69 Å². The standard InChI is InChI=1S/C18H19F3N2O4S/c1-3-26-17(25)11-5-4-8-23(9-11)16(24)13-7-6-12(28-13)14-10(2)15(27-22-14)18(19,20)21/h6-7,11H,3-5,8-9H2,1-2H3/t11-/m1/s1. The summed E-state index contributed by atoms with van der Waals surface area (Å²) >= 11 is 1.05. The lowest BCUT2D eigenvalue weighted by Crippen LogP contribution is -2.42. The molecule has 0 bridgehead atoms. The van der Waals surface area contributed by atoms with E-state index in [1.165, 1.54) is 6.92 Å². The number of ether oxygens (including phenoxy) is 1. The molecule has 152 valence electrons. The highest BCUT2D eigenvalue weighted by Gasteiger charge is 2.39. The molecular formula is C18H19F3N2O4S. The molecule has 3 rings (SSSR count). The highest BCUT2D eigenvalue weighted by Crippen LogP contribution is 2.38. The molecule has 0 aliphatic carbocycles. The zero-order valence-electron chi connectivity index (χ0n) is 15.3. The van der Waals surface area contributed by atoms with Crippen molar-refractivity contribution in [1.29, 1.82) is 0 Å². The number of esters is 1. The smallest absolute Gasteiger partial charge is 0.452 e. The van der Waals surface area contributed by atoms with Gasteiger partial charge in [0.15, 0.2) is 0 Å². The zero-order chi connectivity index (χ0) is 20.5. The van der Waals surface area contributed by atoms with Gasteiger partial charge in [-0.05, 0) is 38.8 Å². The van der Waals surface area contributed by atoms with Crippen molar-refractivity contribution in [3.05, 3.63) is 28.3 Å². The summed E-state index contributed by atoms with van der Waals surface area (Å²) in [5.41, 5.74) is -0.0480. The Labute approximate surface area is 163 Å². The van der Waals surface area contributed by atoms with Crippen LogP contribution in [0, 0.1) is 12.8 Å². The molecule has 3 heterocycles. The van der Waals surface area contributed by atoms with Crippen molar-refractivity contribution < 1.29 is 32.0 Å². The summed E-state index contributed by atoms with van der Waals surface area (Å²) in [5.74, 6) is -2.08. The summed E-state index contributed by atoms with van der Waals surface area (Å²) in [4.78, 5) is 27.1. The fraction of sp³-hybridized carbons (Fsp3) is 0.500. The summed E-state index contributed by atoms with van der Waals surface area (Å²) in [7, 11) is 0. The number of likely N-dealkylation sites (tertiary alicyclic amines) is 1. The van der Waals surface area contributed by atoms with Crippen LogP contribution < -0.4 is 0 Å². The average molecular weight is 416 g/mol. The van der Waals surface area contributed by atoms with E-state index in [2.05, 4.69) is 9.68 Å². The SMILES string of the molecule is CCOC(=O)[C@@H]1CCCN(C(=O)c2ccc(-c3noc(C(F)(F)F)c3C)s2)C1. The molecule has 1 fully saturated rings. The van der Waals surface area contributed by atoms with Crippen LogP contribution in [0.1, 0.15) is 40.8 Å². The molecule has 2 aromatic rings. The quantitative estimate of drug-likeness (QED) is 0.701. The first kappa shape index (κ1) is 20.4. The molecule has 10 heteroatoms. The lowest BCUT2D eigenvalue weighted by molar-refractivity contribution is -0.156. The molecule has 0 radical (unpaired) electrons. The van der Waals surface area contributed by atoms with E-state index >= 15 is 0 Å². The van der Waals surface area contributed by atoms with E-state index in [-0.39, 0.29) is 42.2 Å². The van der Waals surface area contributed by atoms with Gasteiger partial charge in [0.05, 0.1) is 22.3 Å². The van der Waals surface area contributed by atoms with E-state index in [9.17, 15) is 22.8 Å². The Hall–Kier alpha value is -2.36. The monoisotopic (exact) mass is 416 g/mol. The van der Waals surface area contributed by atoms with Gasteiger partial charge in [-0.25, -0.2) is 0 Å². The molecule has 2 aromatic heterocycles. The molecule has 6 nitrogen and oxygen atoms in total. The lowest BCUT2D eigenvalue weighted by Gasteiger charge is -2.31. The third-order valence-corrected chi connectivity index (χ3v) is 5.64. The van der Waals surface area contributed by atoms with Crippen LogP contribution in [0.2, 0.25) is 0 Å². The normalized spacial score (nSPS) is 17.6. The summed E-state index contributed by atoms with van der Waals surface area (Å²) in [6.07, 6.45) is -3.28. The first-order chi connectivity index (χ1) is 13.2. The van der Waals surface area contributed by atoms with E-state index in [1.54, 1.807) is 24.0 Å². The number of amides is 1. The van der Waals surface area contributed by atoms with Crippen molar-refractivity contribution in [2.45, 2.75) is 32.9 Å². The Kier molecular flexibility index (Phi) is 5.78. The number of carbonyl (C=O) groups excluding carboxylic acids is 2. The number of carbonyl (C=O) groups is 2. The van der Waals surface area contributed by atoms with Crippen molar-refractivity contribution in [2.24, 2.45) is 5.92 Å². The molecule has 28 heavy (non-hydrogen) atoms. The number of halogens is 3. The zero-order valence-corrected chi connectivity index (χ0v) is 16.2. The summed E-state index contributed by atoms with van der Waals surface area (Å²) in [5, 5.41) is 3.52. The van der Waals surface area contributed by atoms with Crippen LogP contribution in [0.3, 0.4) is 0 Å². The van der Waals surface area contributed by atoms with Gasteiger partial charge in [0.25, 0.3) is 5.91 Å². The topological polar surface area (TPSA) is 72.6 Å². The van der Waals surface area contributed by atoms with Crippen molar-refractivity contribution in [3.63, 3.8) is 0 Å². The Morgan fingerprint density at radius 3 is 2.79 bits per heavy atom. The second-order valence-electron chi connectivity index (χ2n) is 6.49. The predicted octanol–water partition coefficient (Wildman–Crippen LogP) is 4.15. The van der Waals surface area contributed by atoms with Gasteiger partial charge in [0.2, 0.25) is 5.76 Å². The number of rotatable bonds is 4. The van der Waals surface area contributed by atoms with Crippen molar-refractivity contribution in [3.8, 4) is 10.6 Å². The minimum Gasteiger partial charge on any atom is -0.466 e. The Bertz CT molecular complexity index is 875. The van der Waals surface area contributed by atoms with Gasteiger partial charge >= 0.3 is 12.1 Å². The number of piperidine rings is 1. The second-order valence-corrected chi connectivity index (χ2v) is 7.57. The number of alkyl halides is 3. The van der Waals surface area contributed by atoms with Crippen LogP contribution in [-0.4, -0.2) is 41.6 Å². The van der Waals surface area contributed by atoms with E-state index in [1.807, 2.05) is 0 Å². The summed E-state index contributed by atoms with van der Waals surface area (Å²) < 4.78 is 48.1. The van der Waals surface area contributed by atoms with Crippen LogP contribution in [-0.2, 0) is 15.7 Å². The number of nitrogens with zero attached hydrogens (tertiary/aromatic N) is 2. The third-order valence-electron chi connectivity index (χ3n) is 4.56. The van der Waals surface area contributed by atoms with E-state index in [0.29, 0.717) is 29.1 Å². The molecule has 0 spiro atoms. The van der Waals surface area contributed by atoms with Gasteiger partial charge in [-0.3, -0.25) is 9.59 Å². The highest BCUT2D eigenvalue weighted by molar-refractivity contribution is 7.17. The number of thiophene rings is 1. The number of hydrogen-bond acceptors (Lipinski definition) is 6. The van der Waals surface area contributed by atoms with Gasteiger partial charge < -0.3 is 14.2 Å². The maximum Gasteiger partial charge on any atom is 0.452 e. The van der Waals surface area contributed by atoms with Crippen LogP contribution in [0.15, 0.2) is 16.7 Å². The molecule has 0 aromatic carbocycles. The largest absolute Gasteiger partial charge is 0.466 e. The molecule has 0 N–H and O–H groups in total. The molecule has 0 saturated carbocycles. The fourth-order valence-electron chi connectivity index (χ4n) is 3.18. The van der Waals surface area contributed by atoms with Crippen LogP contribution in [0.4, 0.5) is 13.2 Å². The van der Waals surface area contributed by atoms with Crippen LogP contribution in [0.5, 0.6) is 0 Å². The molecule has 1 aliphatic rings. The minimum absolute atomic E-state index is 0.0689. The first-order valence-corrected chi connectivity index (χ1v) is 9.63. The van der Waals surface area contributed by atoms with Crippen molar-refractivity contribution >= 4 is 23.2 Å². The lowest BCUT2D eigenvalue weighted by atomic mass is 9.98. The van der Waals surface area contributed by atoms with E-state index in [4.69, 9.17) is 4.74 Å². The Morgan fingerprint density at radius 1 is 1.39 bits per heavy atom. The van der Waals surface area contributed by atoms with Gasteiger partial charge in [-0.2, -0.15) is 13.2 Å². The Balaban J connectivity index is 1.76. The molecule has 1 amide bonds. The Morgan fingerprint density at radius 2 is 2.14 bits per heavy atom. The average Bonchev–Trinajstić information content (AvgIpc) is 3.27. The summed E-state index contributed by atoms with van der Waals surface area (Å²) in [6.45, 7) is 4.08. The van der Waals surface area contributed by atoms with Gasteiger partial charge in [-0.1, -0.05) is 5.16 Å². The molecule has 1 saturated heterocycles. The second kappa shape index (κ2) is 7.94. The minimum atomic E-state index is -4.62. The molecule has 0 unspecified atom stereocenters. The maximum atomic E-state index is 12.9. The highest BCUT2D eigenvalue weighted by atomic mass is 32.1. The number of aromatic nitrogens is 1. The fourth-order valence-corrected chi connectivity index (χ4v) is 4.19. The van der Waals surface area contributed by atoms with Gasteiger partial charge in [-0.15, -0.1) is 11.3 Å². The number of hydrogen-bond donors (Lipinski definition) is 0. The molecule has 1 aliphatic heterocycles. The van der Waals surface area contributed by atoms with Crippen molar-refractivity contribution in [2.75, 3.05) is 19.7 Å². The summed E-state index contributed by atoms with van der Waals surface area (Å²) in [6, 6.07) is 3.10. The maximum absolute atomic E-state index is 12.9. The van der Waals surface area contributed by atoms with Crippen LogP contribution in [0.25, 0.3) is 10.6 Å². The van der Waals surface area contributed by atoms with Gasteiger partial charge in [0, 0.05) is 18.7 Å². The van der Waals surface area contributed by atoms with Crippen LogP contribution >= 0.6 is 11.3 Å². The predicted molar refractivity (Wildman–Crippen MR) is 94.8 cm³/mol. The third kappa shape index (κ3) is 4.06. The van der Waals surface area contributed by atoms with Crippen molar-refractivity contribution in [1.82, 2.24) is 10.1 Å². The molecule has 1 atom stereocenters. The molecular weight excluding hydrogens is 397 g/mol. The van der Waals surface area contributed by atoms with E-state index in [0.717, 1.165) is 11.3 Å². The first-order valence-electron chi connectivity index (χ1n) is 8.82.